The van der Waals surface area contributed by atoms with Crippen molar-refractivity contribution in [2.75, 3.05) is 6.61 Å². The molecule has 9 heavy (non-hydrogen) atoms. The SMILES string of the molecule is C=CCO.O.O.O.P.[Ti]. The fraction of sp³-hybridized carbons (Fsp3) is 0.333. The summed E-state index contributed by atoms with van der Waals surface area (Å²) in [6.07, 6.45) is 1.43. The molecule has 0 bridgehead atoms. The van der Waals surface area contributed by atoms with Crippen molar-refractivity contribution < 1.29 is 43.3 Å². The Kier molecular flexibility index (Phi) is 416. The van der Waals surface area contributed by atoms with Gasteiger partial charge in [-0.1, -0.05) is 6.08 Å². The van der Waals surface area contributed by atoms with E-state index in [1.807, 2.05) is 0 Å². The number of rotatable bonds is 1. The van der Waals surface area contributed by atoms with Crippen molar-refractivity contribution in [3.8, 4) is 0 Å². The normalized spacial score (nSPS) is 2.78. The molecular weight excluding hydrogens is 179 g/mol. The Labute approximate surface area is 72.8 Å². The average Bonchev–Trinajstić information content (AvgIpc) is 1.37. The smallest absolute Gasteiger partial charge is 0.0609 e. The van der Waals surface area contributed by atoms with Crippen LogP contribution in [0.25, 0.3) is 0 Å². The van der Waals surface area contributed by atoms with Crippen molar-refractivity contribution in [1.82, 2.24) is 0 Å². The van der Waals surface area contributed by atoms with E-state index in [1.54, 1.807) is 0 Å². The third-order valence-corrected chi connectivity index (χ3v) is 0.129. The molecule has 0 aromatic carbocycles. The van der Waals surface area contributed by atoms with E-state index in [0.29, 0.717) is 0 Å². The van der Waals surface area contributed by atoms with Gasteiger partial charge in [-0.2, -0.15) is 9.90 Å². The van der Waals surface area contributed by atoms with Crippen LogP contribution in [0.15, 0.2) is 12.7 Å². The van der Waals surface area contributed by atoms with E-state index in [0.717, 1.165) is 0 Å². The summed E-state index contributed by atoms with van der Waals surface area (Å²) >= 11 is 0. The predicted octanol–water partition coefficient (Wildman–Crippen LogP) is -2.25. The minimum atomic E-state index is 0. The Balaban J connectivity index is -0.00000000450. The third-order valence-electron chi connectivity index (χ3n) is 0.129. The topological polar surface area (TPSA) is 115 Å². The first-order valence-corrected chi connectivity index (χ1v) is 1.13. The molecule has 0 spiro atoms. The van der Waals surface area contributed by atoms with Crippen LogP contribution in [-0.2, 0) is 21.7 Å². The fourth-order valence-electron chi connectivity index (χ4n) is 0. The molecular formula is C3H15O4PTi. The van der Waals surface area contributed by atoms with E-state index in [-0.39, 0.29) is 54.7 Å². The number of aliphatic hydroxyl groups is 1. The van der Waals surface area contributed by atoms with Crippen LogP contribution in [0, 0.1) is 0 Å². The van der Waals surface area contributed by atoms with E-state index >= 15 is 0 Å². The van der Waals surface area contributed by atoms with Gasteiger partial charge >= 0.3 is 0 Å². The average molecular weight is 194 g/mol. The molecule has 0 fully saturated rings. The molecule has 0 rings (SSSR count). The van der Waals surface area contributed by atoms with Crippen LogP contribution < -0.4 is 0 Å². The largest absolute Gasteiger partial charge is 0.412 e. The van der Waals surface area contributed by atoms with E-state index in [9.17, 15) is 0 Å². The van der Waals surface area contributed by atoms with Crippen LogP contribution in [0.4, 0.5) is 0 Å². The van der Waals surface area contributed by atoms with Crippen molar-refractivity contribution in [3.63, 3.8) is 0 Å². The Bertz CT molecular complexity index is 29.8. The fourth-order valence-corrected chi connectivity index (χ4v) is 0. The van der Waals surface area contributed by atoms with Crippen LogP contribution in [0.2, 0.25) is 0 Å². The van der Waals surface area contributed by atoms with Crippen molar-refractivity contribution >= 4 is 9.90 Å². The van der Waals surface area contributed by atoms with E-state index < -0.39 is 0 Å². The second kappa shape index (κ2) is 70.1. The second-order valence-electron chi connectivity index (χ2n) is 0.471. The summed E-state index contributed by atoms with van der Waals surface area (Å²) in [7, 11) is 0. The zero-order valence-corrected chi connectivity index (χ0v) is 8.12. The monoisotopic (exact) mass is 194 g/mol. The van der Waals surface area contributed by atoms with Crippen LogP contribution in [-0.4, -0.2) is 28.1 Å². The van der Waals surface area contributed by atoms with E-state index in [4.69, 9.17) is 5.11 Å². The van der Waals surface area contributed by atoms with Gasteiger partial charge in [-0.15, -0.1) is 6.58 Å². The van der Waals surface area contributed by atoms with Gasteiger partial charge in [-0.3, -0.25) is 0 Å². The molecule has 0 aliphatic heterocycles. The van der Waals surface area contributed by atoms with Crippen LogP contribution >= 0.6 is 9.90 Å². The number of hydrogen-bond acceptors (Lipinski definition) is 1. The summed E-state index contributed by atoms with van der Waals surface area (Å²) in [5.41, 5.74) is 0. The Hall–Kier alpha value is 0.724. The Morgan fingerprint density at radius 1 is 1.22 bits per heavy atom. The van der Waals surface area contributed by atoms with Crippen LogP contribution in [0.5, 0.6) is 0 Å². The predicted molar refractivity (Wildman–Crippen MR) is 39.2 cm³/mol. The van der Waals surface area contributed by atoms with Gasteiger partial charge in [-0.25, -0.2) is 0 Å². The first-order chi connectivity index (χ1) is 1.91. The van der Waals surface area contributed by atoms with Gasteiger partial charge in [0, 0.05) is 21.7 Å². The summed E-state index contributed by atoms with van der Waals surface area (Å²) in [5, 5.41) is 7.76. The Morgan fingerprint density at radius 2 is 1.33 bits per heavy atom. The first-order valence-electron chi connectivity index (χ1n) is 1.13. The minimum absolute atomic E-state index is 0. The molecule has 0 heterocycles. The van der Waals surface area contributed by atoms with Gasteiger partial charge in [0.2, 0.25) is 0 Å². The first kappa shape index (κ1) is 53.4. The van der Waals surface area contributed by atoms with Gasteiger partial charge in [0.15, 0.2) is 0 Å². The van der Waals surface area contributed by atoms with Gasteiger partial charge < -0.3 is 21.5 Å². The Morgan fingerprint density at radius 3 is 1.33 bits per heavy atom. The molecule has 0 saturated heterocycles. The molecule has 0 aliphatic carbocycles. The molecule has 6 heteroatoms. The standard InChI is InChI=1S/C3H6O.3H2O.H3P.Ti/c1-2-3-4;;;;;/h2,4H,1,3H2;3*1H2;1H3;. The van der Waals surface area contributed by atoms with Crippen molar-refractivity contribution in [3.05, 3.63) is 12.7 Å². The summed E-state index contributed by atoms with van der Waals surface area (Å²) in [6.45, 7) is 3.31. The van der Waals surface area contributed by atoms with Crippen molar-refractivity contribution in [2.45, 2.75) is 0 Å². The molecule has 0 saturated carbocycles. The number of hydrogen-bond donors (Lipinski definition) is 1. The summed E-state index contributed by atoms with van der Waals surface area (Å²) < 4.78 is 0. The maximum atomic E-state index is 7.76. The van der Waals surface area contributed by atoms with Crippen LogP contribution in [0.1, 0.15) is 0 Å². The summed E-state index contributed by atoms with van der Waals surface area (Å²) in [5.74, 6) is 0. The van der Waals surface area contributed by atoms with E-state index in [2.05, 4.69) is 6.58 Å². The molecule has 0 aromatic heterocycles. The van der Waals surface area contributed by atoms with Gasteiger partial charge in [0.1, 0.15) is 0 Å². The summed E-state index contributed by atoms with van der Waals surface area (Å²) in [6, 6.07) is 0. The maximum Gasteiger partial charge on any atom is 0.0609 e. The van der Waals surface area contributed by atoms with Gasteiger partial charge in [0.25, 0.3) is 0 Å². The molecule has 1 unspecified atom stereocenters. The molecule has 0 aromatic rings. The molecule has 7 N–H and O–H groups in total. The second-order valence-corrected chi connectivity index (χ2v) is 0.471. The molecule has 0 amide bonds. The molecule has 1 atom stereocenters. The molecule has 0 aliphatic rings. The third kappa shape index (κ3) is 133. The minimum Gasteiger partial charge on any atom is -0.412 e. The molecule has 4 nitrogen and oxygen atoms in total. The van der Waals surface area contributed by atoms with Crippen molar-refractivity contribution in [2.24, 2.45) is 0 Å². The molecule has 0 radical (unpaired) electrons. The van der Waals surface area contributed by atoms with Crippen LogP contribution in [0.3, 0.4) is 0 Å². The zero-order chi connectivity index (χ0) is 3.41. The van der Waals surface area contributed by atoms with Gasteiger partial charge in [-0.05, 0) is 0 Å². The van der Waals surface area contributed by atoms with E-state index in [1.165, 1.54) is 6.08 Å². The zero-order valence-electron chi connectivity index (χ0n) is 5.15. The van der Waals surface area contributed by atoms with Crippen molar-refractivity contribution in [1.29, 1.82) is 0 Å². The van der Waals surface area contributed by atoms with Gasteiger partial charge in [0.05, 0.1) is 6.61 Å². The summed E-state index contributed by atoms with van der Waals surface area (Å²) in [4.78, 5) is 0. The molecule has 60 valence electrons. The maximum absolute atomic E-state index is 7.76. The number of aliphatic hydroxyl groups excluding tert-OH is 1. The quantitative estimate of drug-likeness (QED) is 0.283.